The number of rotatable bonds is 17. The highest BCUT2D eigenvalue weighted by Gasteiger charge is 2.02. The van der Waals surface area contributed by atoms with Crippen molar-refractivity contribution in [2.24, 2.45) is 23.7 Å². The lowest BCUT2D eigenvalue weighted by molar-refractivity contribution is -0.136. The zero-order valence-electron chi connectivity index (χ0n) is 24.9. The van der Waals surface area contributed by atoms with E-state index >= 15 is 0 Å². The first kappa shape index (κ1) is 36.6. The van der Waals surface area contributed by atoms with Gasteiger partial charge in [-0.25, -0.2) is 9.59 Å². The van der Waals surface area contributed by atoms with Crippen molar-refractivity contribution in [3.05, 3.63) is 47.6 Å². The van der Waals surface area contributed by atoms with E-state index in [1.807, 2.05) is 26.0 Å². The quantitative estimate of drug-likeness (QED) is 0.0910. The molecule has 0 bridgehead atoms. The van der Waals surface area contributed by atoms with Crippen molar-refractivity contribution in [1.82, 2.24) is 0 Å². The standard InChI is InChI=1S/C18H28O2.C15H26O2/c1-6-13-20-18(19)14-17(5)12-8-11-16(4)10-7-9-15(2)3;1-12(2)7-5-8-13(3)9-6-10-14(4)11-15(16)17/h1,8,12,14-16H,7,9-11,13H2,2-5H3;6,10-13H,5,7-9H2,1-4H3,(H,16,17)/b12-8+,17-14+;10-6+,14-11+. The molecule has 0 aromatic rings. The lowest BCUT2D eigenvalue weighted by Crippen LogP contribution is -2.01. The van der Waals surface area contributed by atoms with Gasteiger partial charge in [0.25, 0.3) is 0 Å². The van der Waals surface area contributed by atoms with E-state index in [0.717, 1.165) is 35.8 Å². The van der Waals surface area contributed by atoms with Gasteiger partial charge in [-0.05, 0) is 61.5 Å². The van der Waals surface area contributed by atoms with Gasteiger partial charge >= 0.3 is 11.9 Å². The molecule has 0 heterocycles. The van der Waals surface area contributed by atoms with Gasteiger partial charge in [0.2, 0.25) is 0 Å². The molecular formula is C33H54O4. The third kappa shape index (κ3) is 29.6. The molecule has 2 unspecified atom stereocenters. The second-order valence-corrected chi connectivity index (χ2v) is 11.1. The Hall–Kier alpha value is -2.54. The van der Waals surface area contributed by atoms with Crippen LogP contribution in [0.15, 0.2) is 47.6 Å². The van der Waals surface area contributed by atoms with E-state index in [0.29, 0.717) is 11.8 Å². The molecule has 0 amide bonds. The van der Waals surface area contributed by atoms with Gasteiger partial charge in [0.1, 0.15) is 0 Å². The third-order valence-electron chi connectivity index (χ3n) is 5.79. The first-order valence-electron chi connectivity index (χ1n) is 13.9. The van der Waals surface area contributed by atoms with Gasteiger partial charge < -0.3 is 9.84 Å². The SMILES string of the molecule is C#CCOC(=O)/C=C(C)/C=C/CC(C)CCCC(C)C.CC(/C=C/CC(C)CCCC(C)C)=C\C(=O)O. The molecule has 0 aromatic heterocycles. The van der Waals surface area contributed by atoms with Crippen LogP contribution in [-0.4, -0.2) is 23.7 Å². The average Bonchev–Trinajstić information content (AvgIpc) is 2.77. The average molecular weight is 515 g/mol. The summed E-state index contributed by atoms with van der Waals surface area (Å²) >= 11 is 0. The number of carbonyl (C=O) groups is 2. The molecule has 1 N–H and O–H groups in total. The normalized spacial score (nSPS) is 14.0. The molecule has 0 aliphatic rings. The van der Waals surface area contributed by atoms with Crippen LogP contribution in [0.2, 0.25) is 0 Å². The maximum atomic E-state index is 11.3. The van der Waals surface area contributed by atoms with Gasteiger partial charge in [-0.15, -0.1) is 6.42 Å². The molecular weight excluding hydrogens is 460 g/mol. The van der Waals surface area contributed by atoms with E-state index in [2.05, 4.69) is 59.6 Å². The number of carboxylic acid groups (broad SMARTS) is 1. The molecule has 0 aromatic carbocycles. The molecule has 4 nitrogen and oxygen atoms in total. The predicted molar refractivity (Wildman–Crippen MR) is 158 cm³/mol. The summed E-state index contributed by atoms with van der Waals surface area (Å²) in [5, 5.41) is 8.55. The molecule has 0 aliphatic heterocycles. The zero-order valence-corrected chi connectivity index (χ0v) is 24.9. The molecule has 0 saturated heterocycles. The molecule has 210 valence electrons. The highest BCUT2D eigenvalue weighted by molar-refractivity contribution is 5.83. The number of terminal acetylenes is 1. The van der Waals surface area contributed by atoms with Gasteiger partial charge in [-0.1, -0.05) is 110 Å². The largest absolute Gasteiger partial charge is 0.478 e. The summed E-state index contributed by atoms with van der Waals surface area (Å²) in [7, 11) is 0. The molecule has 2 atom stereocenters. The Labute approximate surface area is 228 Å². The number of hydrogen-bond donors (Lipinski definition) is 1. The number of ether oxygens (including phenoxy) is 1. The van der Waals surface area contributed by atoms with Crippen molar-refractivity contribution in [1.29, 1.82) is 0 Å². The highest BCUT2D eigenvalue weighted by atomic mass is 16.5. The minimum atomic E-state index is -0.878. The van der Waals surface area contributed by atoms with Crippen LogP contribution >= 0.6 is 0 Å². The van der Waals surface area contributed by atoms with Gasteiger partial charge in [0, 0.05) is 12.2 Å². The molecule has 0 radical (unpaired) electrons. The summed E-state index contributed by atoms with van der Waals surface area (Å²) in [5.74, 6) is 3.96. The summed E-state index contributed by atoms with van der Waals surface area (Å²) in [5.41, 5.74) is 1.69. The van der Waals surface area contributed by atoms with Crippen LogP contribution in [0.4, 0.5) is 0 Å². The summed E-state index contributed by atoms with van der Waals surface area (Å²) < 4.78 is 4.78. The Balaban J connectivity index is 0. The maximum Gasteiger partial charge on any atom is 0.331 e. The van der Waals surface area contributed by atoms with Gasteiger partial charge in [0.05, 0.1) is 0 Å². The van der Waals surface area contributed by atoms with Crippen molar-refractivity contribution >= 4 is 11.9 Å². The molecule has 0 saturated carbocycles. The Morgan fingerprint density at radius 2 is 1.22 bits per heavy atom. The minimum Gasteiger partial charge on any atom is -0.478 e. The fourth-order valence-corrected chi connectivity index (χ4v) is 3.59. The Bertz CT molecular complexity index is 775. The maximum absolute atomic E-state index is 11.3. The second kappa shape index (κ2) is 23.8. The Morgan fingerprint density at radius 3 is 1.59 bits per heavy atom. The number of hydrogen-bond acceptors (Lipinski definition) is 3. The zero-order chi connectivity index (χ0) is 28.6. The first-order valence-corrected chi connectivity index (χ1v) is 13.9. The Kier molecular flexibility index (Phi) is 23.6. The number of esters is 1. The lowest BCUT2D eigenvalue weighted by Gasteiger charge is -2.09. The van der Waals surface area contributed by atoms with Crippen molar-refractivity contribution < 1.29 is 19.4 Å². The molecule has 0 fully saturated rings. The van der Waals surface area contributed by atoms with Crippen molar-refractivity contribution in [2.75, 3.05) is 6.61 Å². The fraction of sp³-hybridized carbons (Fsp3) is 0.636. The highest BCUT2D eigenvalue weighted by Crippen LogP contribution is 2.17. The second-order valence-electron chi connectivity index (χ2n) is 11.1. The van der Waals surface area contributed by atoms with Crippen molar-refractivity contribution in [2.45, 2.75) is 107 Å². The van der Waals surface area contributed by atoms with Crippen LogP contribution in [0.25, 0.3) is 0 Å². The van der Waals surface area contributed by atoms with Crippen LogP contribution < -0.4 is 0 Å². The van der Waals surface area contributed by atoms with Crippen LogP contribution in [0.3, 0.4) is 0 Å². The van der Waals surface area contributed by atoms with Crippen molar-refractivity contribution in [3.8, 4) is 12.3 Å². The van der Waals surface area contributed by atoms with Gasteiger partial charge in [0.15, 0.2) is 6.61 Å². The molecule has 0 aliphatic carbocycles. The summed E-state index contributed by atoms with van der Waals surface area (Å²) in [6, 6.07) is 0. The minimum absolute atomic E-state index is 0.0270. The van der Waals surface area contributed by atoms with E-state index < -0.39 is 5.97 Å². The van der Waals surface area contributed by atoms with Gasteiger partial charge in [-0.2, -0.15) is 0 Å². The smallest absolute Gasteiger partial charge is 0.331 e. The van der Waals surface area contributed by atoms with E-state index in [1.165, 1.54) is 50.7 Å². The van der Waals surface area contributed by atoms with Crippen LogP contribution in [0.5, 0.6) is 0 Å². The van der Waals surface area contributed by atoms with Crippen LogP contribution in [0.1, 0.15) is 107 Å². The lowest BCUT2D eigenvalue weighted by atomic mass is 9.97. The summed E-state index contributed by atoms with van der Waals surface area (Å²) in [6.45, 7) is 17.3. The fourth-order valence-electron chi connectivity index (χ4n) is 3.59. The molecule has 0 rings (SSSR count). The van der Waals surface area contributed by atoms with Crippen LogP contribution in [-0.2, 0) is 14.3 Å². The molecule has 4 heteroatoms. The van der Waals surface area contributed by atoms with Crippen molar-refractivity contribution in [3.63, 3.8) is 0 Å². The predicted octanol–water partition coefficient (Wildman–Crippen LogP) is 8.94. The van der Waals surface area contributed by atoms with E-state index in [-0.39, 0.29) is 12.6 Å². The van der Waals surface area contributed by atoms with Crippen LogP contribution in [0, 0.1) is 36.0 Å². The van der Waals surface area contributed by atoms with Gasteiger partial charge in [-0.3, -0.25) is 0 Å². The number of aliphatic carboxylic acids is 1. The third-order valence-corrected chi connectivity index (χ3v) is 5.79. The van der Waals surface area contributed by atoms with E-state index in [9.17, 15) is 9.59 Å². The summed E-state index contributed by atoms with van der Waals surface area (Å²) in [4.78, 5) is 21.7. The first-order chi connectivity index (χ1) is 17.4. The topological polar surface area (TPSA) is 63.6 Å². The summed E-state index contributed by atoms with van der Waals surface area (Å²) in [6.07, 6.45) is 25.6. The molecule has 0 spiro atoms. The molecule has 37 heavy (non-hydrogen) atoms. The Morgan fingerprint density at radius 1 is 0.784 bits per heavy atom. The number of allylic oxidation sites excluding steroid dienone is 6. The number of carbonyl (C=O) groups excluding carboxylic acids is 1. The monoisotopic (exact) mass is 514 g/mol. The van der Waals surface area contributed by atoms with E-state index in [1.54, 1.807) is 0 Å². The van der Waals surface area contributed by atoms with E-state index in [4.69, 9.17) is 16.3 Å². The number of carboxylic acids is 1.